The number of ether oxygens (including phenoxy) is 1. The summed E-state index contributed by atoms with van der Waals surface area (Å²) in [6.07, 6.45) is -0.426. The number of benzene rings is 3. The van der Waals surface area contributed by atoms with Crippen LogP contribution in [-0.4, -0.2) is 37.8 Å². The lowest BCUT2D eigenvalue weighted by Crippen LogP contribution is -2.36. The summed E-state index contributed by atoms with van der Waals surface area (Å²) in [5, 5.41) is 9.67. The number of urea groups is 1. The maximum atomic E-state index is 13.2. The third-order valence-corrected chi connectivity index (χ3v) is 8.93. The van der Waals surface area contributed by atoms with Crippen LogP contribution in [0.25, 0.3) is 22.8 Å². The Hall–Kier alpha value is -4.71. The summed E-state index contributed by atoms with van der Waals surface area (Å²) in [4.78, 5) is 22.7. The molecule has 232 valence electrons. The molecule has 45 heavy (non-hydrogen) atoms. The lowest BCUT2D eigenvalue weighted by molar-refractivity contribution is -0.274. The van der Waals surface area contributed by atoms with Gasteiger partial charge in [0.15, 0.2) is 10.6 Å². The molecule has 3 aromatic carbocycles. The van der Waals surface area contributed by atoms with Crippen molar-refractivity contribution in [1.29, 1.82) is 0 Å². The Morgan fingerprint density at radius 2 is 1.71 bits per heavy atom. The summed E-state index contributed by atoms with van der Waals surface area (Å²) in [6.45, 7) is 6.14. The van der Waals surface area contributed by atoms with Gasteiger partial charge >= 0.3 is 12.4 Å². The topological polar surface area (TPSA) is 86.3 Å². The number of halogens is 3. The number of hydrogen-bond donors (Lipinski definition) is 1. The summed E-state index contributed by atoms with van der Waals surface area (Å²) in [7, 11) is 0. The highest BCUT2D eigenvalue weighted by molar-refractivity contribution is 7.07. The average molecular weight is 633 g/mol. The Morgan fingerprint density at radius 1 is 1.00 bits per heavy atom. The van der Waals surface area contributed by atoms with E-state index < -0.39 is 6.36 Å². The largest absolute Gasteiger partial charge is 0.573 e. The second-order valence-electron chi connectivity index (χ2n) is 11.1. The van der Waals surface area contributed by atoms with Crippen molar-refractivity contribution in [3.05, 3.63) is 106 Å². The van der Waals surface area contributed by atoms with Crippen molar-refractivity contribution in [1.82, 2.24) is 24.6 Å². The Labute approximate surface area is 261 Å². The maximum Gasteiger partial charge on any atom is 0.573 e. The normalized spacial score (nSPS) is 17.1. The maximum absolute atomic E-state index is 13.2. The molecule has 2 atom stereocenters. The van der Waals surface area contributed by atoms with Crippen molar-refractivity contribution in [3.63, 3.8) is 0 Å². The van der Waals surface area contributed by atoms with Crippen molar-refractivity contribution in [2.24, 2.45) is 4.99 Å². The fourth-order valence-corrected chi connectivity index (χ4v) is 6.77. The van der Waals surface area contributed by atoms with Crippen LogP contribution in [0, 0.1) is 20.8 Å². The minimum atomic E-state index is -4.75. The fraction of sp³-hybridized carbons (Fsp3) is 0.273. The van der Waals surface area contributed by atoms with Crippen LogP contribution in [0.2, 0.25) is 0 Å². The first-order valence-corrected chi connectivity index (χ1v) is 15.4. The summed E-state index contributed by atoms with van der Waals surface area (Å²) in [5.41, 5.74) is 6.77. The molecular formula is C33H31F3N6O2S. The van der Waals surface area contributed by atoms with Crippen LogP contribution < -0.4 is 14.9 Å². The van der Waals surface area contributed by atoms with E-state index in [0.717, 1.165) is 52.9 Å². The van der Waals surface area contributed by atoms with Gasteiger partial charge in [-0.1, -0.05) is 48.9 Å². The highest BCUT2D eigenvalue weighted by atomic mass is 32.1. The number of rotatable bonds is 6. The summed E-state index contributed by atoms with van der Waals surface area (Å²) >= 11 is 1.45. The molecule has 1 aliphatic carbocycles. The quantitative estimate of drug-likeness (QED) is 0.209. The molecule has 0 bridgehead atoms. The van der Waals surface area contributed by atoms with Gasteiger partial charge < -0.3 is 10.1 Å². The van der Waals surface area contributed by atoms with E-state index in [4.69, 9.17) is 0 Å². The van der Waals surface area contributed by atoms with Crippen LogP contribution in [0.15, 0.2) is 83.4 Å². The molecule has 0 saturated heterocycles. The van der Waals surface area contributed by atoms with Gasteiger partial charge in [-0.3, -0.25) is 4.57 Å². The molecular weight excluding hydrogens is 601 g/mol. The first-order valence-electron chi connectivity index (χ1n) is 14.5. The van der Waals surface area contributed by atoms with Crippen LogP contribution in [0.5, 0.6) is 5.75 Å². The number of hydrogen-bond acceptors (Lipinski definition) is 5. The van der Waals surface area contributed by atoms with Gasteiger partial charge in [0.05, 0.1) is 11.4 Å². The molecule has 2 aromatic heterocycles. The standard InChI is InChI=1S/C33H31F3N6O2S/c1-20-6-4-7-21(2)29(20)42-22(3)18-45-32(42)39-31(43)38-28-9-5-8-27(28)23-10-12-24(13-11-23)30-37-19-41(40-30)25-14-16-26(17-15-25)44-33(34,35)36/h4,6-7,10-19,27-28H,5,8-9H2,1-3H3,(H,38,43). The smallest absolute Gasteiger partial charge is 0.406 e. The van der Waals surface area contributed by atoms with Crippen molar-refractivity contribution >= 4 is 17.4 Å². The van der Waals surface area contributed by atoms with Crippen LogP contribution >= 0.6 is 11.3 Å². The number of nitrogens with zero attached hydrogens (tertiary/aromatic N) is 5. The van der Waals surface area contributed by atoms with E-state index in [2.05, 4.69) is 51.1 Å². The molecule has 2 amide bonds. The lowest BCUT2D eigenvalue weighted by Gasteiger charge is -2.20. The first kappa shape index (κ1) is 30.3. The Kier molecular flexibility index (Phi) is 8.32. The third-order valence-electron chi connectivity index (χ3n) is 7.99. The molecule has 0 radical (unpaired) electrons. The van der Waals surface area contributed by atoms with Gasteiger partial charge in [0, 0.05) is 28.6 Å². The van der Waals surface area contributed by atoms with Gasteiger partial charge in [-0.05, 0) is 74.6 Å². The van der Waals surface area contributed by atoms with Gasteiger partial charge in [-0.25, -0.2) is 14.5 Å². The summed E-state index contributed by atoms with van der Waals surface area (Å²) in [6, 6.07) is 19.1. The zero-order valence-corrected chi connectivity index (χ0v) is 25.7. The van der Waals surface area contributed by atoms with Gasteiger partial charge in [0.1, 0.15) is 12.1 Å². The molecule has 1 fully saturated rings. The molecule has 12 heteroatoms. The van der Waals surface area contributed by atoms with E-state index in [0.29, 0.717) is 16.3 Å². The van der Waals surface area contributed by atoms with E-state index in [9.17, 15) is 18.0 Å². The van der Waals surface area contributed by atoms with Crippen molar-refractivity contribution in [2.75, 3.05) is 0 Å². The fourth-order valence-electron chi connectivity index (χ4n) is 5.91. The van der Waals surface area contributed by atoms with Gasteiger partial charge in [0.2, 0.25) is 0 Å². The number of carbonyl (C=O) groups is 1. The molecule has 1 aliphatic rings. The number of aryl methyl sites for hydroxylation is 3. The monoisotopic (exact) mass is 632 g/mol. The predicted octanol–water partition coefficient (Wildman–Crippen LogP) is 7.56. The number of thiazole rings is 1. The van der Waals surface area contributed by atoms with Gasteiger partial charge in [-0.2, -0.15) is 4.99 Å². The average Bonchev–Trinajstić information content (AvgIpc) is 3.74. The Morgan fingerprint density at radius 3 is 2.40 bits per heavy atom. The number of carbonyl (C=O) groups excluding carboxylic acids is 1. The van der Waals surface area contributed by atoms with Crippen molar-refractivity contribution < 1.29 is 22.7 Å². The van der Waals surface area contributed by atoms with E-state index in [1.54, 1.807) is 0 Å². The molecule has 0 aliphatic heterocycles. The van der Waals surface area contributed by atoms with Crippen molar-refractivity contribution in [3.8, 4) is 28.5 Å². The Balaban J connectivity index is 1.15. The molecule has 2 unspecified atom stereocenters. The first-order chi connectivity index (χ1) is 21.6. The number of aromatic nitrogens is 4. The zero-order valence-electron chi connectivity index (χ0n) is 24.9. The van der Waals surface area contributed by atoms with Crippen LogP contribution in [0.1, 0.15) is 47.6 Å². The van der Waals surface area contributed by atoms with Crippen LogP contribution in [0.4, 0.5) is 18.0 Å². The van der Waals surface area contributed by atoms with E-state index in [-0.39, 0.29) is 23.7 Å². The van der Waals surface area contributed by atoms with Crippen LogP contribution in [-0.2, 0) is 0 Å². The number of para-hydroxylation sites is 1. The number of amides is 2. The highest BCUT2D eigenvalue weighted by Crippen LogP contribution is 2.35. The van der Waals surface area contributed by atoms with Crippen LogP contribution in [0.3, 0.4) is 0 Å². The molecule has 1 saturated carbocycles. The number of alkyl halides is 3. The highest BCUT2D eigenvalue weighted by Gasteiger charge is 2.31. The molecule has 0 spiro atoms. The molecule has 2 heterocycles. The Bertz CT molecular complexity index is 1870. The van der Waals surface area contributed by atoms with Crippen molar-refractivity contribution in [2.45, 2.75) is 58.4 Å². The SMILES string of the molecule is Cc1cccc(C)c1-n1c(C)csc1=NC(=O)NC1CCCC1c1ccc(-c2ncn(-c3ccc(OC(F)(F)F)cc3)n2)cc1. The summed E-state index contributed by atoms with van der Waals surface area (Å²) in [5.74, 6) is 0.326. The predicted molar refractivity (Wildman–Crippen MR) is 166 cm³/mol. The molecule has 1 N–H and O–H groups in total. The van der Waals surface area contributed by atoms with E-state index in [1.165, 1.54) is 46.6 Å². The minimum Gasteiger partial charge on any atom is -0.406 e. The van der Waals surface area contributed by atoms with Gasteiger partial charge in [-0.15, -0.1) is 29.6 Å². The minimum absolute atomic E-state index is 0.0385. The van der Waals surface area contributed by atoms with E-state index >= 15 is 0 Å². The second kappa shape index (κ2) is 12.4. The van der Waals surface area contributed by atoms with Gasteiger partial charge in [0.25, 0.3) is 0 Å². The third kappa shape index (κ3) is 6.70. The second-order valence-corrected chi connectivity index (χ2v) is 12.0. The summed E-state index contributed by atoms with van der Waals surface area (Å²) < 4.78 is 44.8. The van der Waals surface area contributed by atoms with E-state index in [1.807, 2.05) is 47.2 Å². The molecule has 8 nitrogen and oxygen atoms in total. The number of nitrogens with one attached hydrogen (secondary N) is 1. The molecule has 5 aromatic rings. The zero-order chi connectivity index (χ0) is 31.7. The molecule has 6 rings (SSSR count). The lowest BCUT2D eigenvalue weighted by atomic mass is 9.93.